The number of rotatable bonds is 4. The normalized spacial score (nSPS) is 13.7. The van der Waals surface area contributed by atoms with E-state index in [1.54, 1.807) is 0 Å². The predicted octanol–water partition coefficient (Wildman–Crippen LogP) is 2.42. The lowest BCUT2D eigenvalue weighted by Gasteiger charge is -2.28. The molecule has 7 nitrogen and oxygen atoms in total. The number of anilines is 1. The summed E-state index contributed by atoms with van der Waals surface area (Å²) in [5, 5.41) is 0. The first-order chi connectivity index (χ1) is 13.0. The fraction of sp³-hybridized carbons (Fsp3) is 0.211. The highest BCUT2D eigenvalue weighted by molar-refractivity contribution is 5.87. The van der Waals surface area contributed by atoms with E-state index in [4.69, 9.17) is 16.2 Å². The van der Waals surface area contributed by atoms with E-state index >= 15 is 0 Å². The van der Waals surface area contributed by atoms with Crippen LogP contribution in [-0.2, 0) is 11.3 Å². The number of amides is 1. The van der Waals surface area contributed by atoms with Crippen LogP contribution in [0.5, 0.6) is 0 Å². The van der Waals surface area contributed by atoms with Crippen molar-refractivity contribution in [1.29, 1.82) is 0 Å². The molecule has 1 aromatic heterocycles. The summed E-state index contributed by atoms with van der Waals surface area (Å²) in [5.41, 5.74) is 12.8. The van der Waals surface area contributed by atoms with Gasteiger partial charge in [-0.3, -0.25) is 0 Å². The van der Waals surface area contributed by atoms with Crippen molar-refractivity contribution in [2.45, 2.75) is 13.0 Å². The van der Waals surface area contributed by atoms with Gasteiger partial charge >= 0.3 is 6.09 Å². The maximum Gasteiger partial charge on any atom is 0.437 e. The van der Waals surface area contributed by atoms with Crippen molar-refractivity contribution in [1.82, 2.24) is 4.98 Å². The number of pyridine rings is 1. The van der Waals surface area contributed by atoms with E-state index in [9.17, 15) is 9.18 Å². The molecule has 1 aliphatic rings. The van der Waals surface area contributed by atoms with Crippen LogP contribution >= 0.6 is 0 Å². The van der Waals surface area contributed by atoms with E-state index in [0.717, 1.165) is 6.42 Å². The molecular weight excluding hydrogens is 349 g/mol. The van der Waals surface area contributed by atoms with Gasteiger partial charge in [0.1, 0.15) is 6.61 Å². The molecule has 1 aromatic carbocycles. The molecule has 0 bridgehead atoms. The molecule has 0 unspecified atom stereocenters. The highest BCUT2D eigenvalue weighted by Gasteiger charge is 2.20. The number of carbonyl (C=O) groups is 1. The van der Waals surface area contributed by atoms with Crippen LogP contribution in [-0.4, -0.2) is 30.1 Å². The summed E-state index contributed by atoms with van der Waals surface area (Å²) >= 11 is 0. The van der Waals surface area contributed by atoms with Crippen molar-refractivity contribution < 1.29 is 13.9 Å². The van der Waals surface area contributed by atoms with Crippen molar-refractivity contribution in [2.24, 2.45) is 16.5 Å². The molecule has 0 saturated heterocycles. The monoisotopic (exact) mass is 369 g/mol. The number of aromatic nitrogens is 1. The zero-order valence-corrected chi connectivity index (χ0v) is 14.6. The number of aliphatic imine (C=N–C) groups is 1. The van der Waals surface area contributed by atoms with E-state index in [2.05, 4.69) is 28.2 Å². The molecule has 3 rings (SSSR count). The molecule has 0 aliphatic carbocycles. The zero-order valence-electron chi connectivity index (χ0n) is 14.6. The first kappa shape index (κ1) is 18.4. The minimum absolute atomic E-state index is 0.206. The fourth-order valence-electron chi connectivity index (χ4n) is 2.86. The number of carbonyl (C=O) groups excluding carboxylic acids is 1. The molecule has 0 fully saturated rings. The van der Waals surface area contributed by atoms with Crippen LogP contribution in [0.1, 0.15) is 17.5 Å². The second-order valence-corrected chi connectivity index (χ2v) is 5.99. The fourth-order valence-corrected chi connectivity index (χ4v) is 2.86. The van der Waals surface area contributed by atoms with Crippen LogP contribution in [0.3, 0.4) is 0 Å². The van der Waals surface area contributed by atoms with Crippen molar-refractivity contribution in [3.8, 4) is 0 Å². The van der Waals surface area contributed by atoms with Gasteiger partial charge in [0.2, 0.25) is 0 Å². The van der Waals surface area contributed by atoms with E-state index in [0.29, 0.717) is 13.1 Å². The highest BCUT2D eigenvalue weighted by Crippen LogP contribution is 2.27. The van der Waals surface area contributed by atoms with Gasteiger partial charge in [0.25, 0.3) is 0 Å². The van der Waals surface area contributed by atoms with Gasteiger partial charge in [-0.2, -0.15) is 0 Å². The Kier molecular flexibility index (Phi) is 5.65. The summed E-state index contributed by atoms with van der Waals surface area (Å²) in [6.45, 7) is 0.906. The maximum absolute atomic E-state index is 14.8. The predicted molar refractivity (Wildman–Crippen MR) is 101 cm³/mol. The standard InChI is InChI=1S/C19H20FN5O2/c20-16-15(12-27-19(26)24-18(21)22)6-9-23-17(16)25-10-7-14(8-11-25)13-4-2-1-3-5-13/h1-7,9H,8,10-12H2,(H4,21,22,24,26). The number of halogens is 1. The topological polar surface area (TPSA) is 107 Å². The van der Waals surface area contributed by atoms with Gasteiger partial charge in [0.05, 0.1) is 0 Å². The number of nitrogens with zero attached hydrogens (tertiary/aromatic N) is 3. The number of ether oxygens (including phenoxy) is 1. The van der Waals surface area contributed by atoms with E-state index in [-0.39, 0.29) is 18.0 Å². The van der Waals surface area contributed by atoms with Gasteiger partial charge < -0.3 is 21.1 Å². The summed E-state index contributed by atoms with van der Waals surface area (Å²) in [6, 6.07) is 11.5. The molecule has 0 radical (unpaired) electrons. The molecule has 4 N–H and O–H groups in total. The molecular formula is C19H20FN5O2. The van der Waals surface area contributed by atoms with Crippen LogP contribution in [0.4, 0.5) is 15.0 Å². The molecule has 0 spiro atoms. The lowest BCUT2D eigenvalue weighted by atomic mass is 9.99. The molecule has 27 heavy (non-hydrogen) atoms. The molecule has 1 amide bonds. The largest absolute Gasteiger partial charge is 0.443 e. The number of benzene rings is 1. The number of guanidine groups is 1. The summed E-state index contributed by atoms with van der Waals surface area (Å²) in [5.74, 6) is -0.703. The van der Waals surface area contributed by atoms with Crippen LogP contribution in [0.2, 0.25) is 0 Å². The summed E-state index contributed by atoms with van der Waals surface area (Å²) < 4.78 is 19.6. The smallest absolute Gasteiger partial charge is 0.437 e. The third-order valence-electron chi connectivity index (χ3n) is 4.18. The average Bonchev–Trinajstić information content (AvgIpc) is 2.67. The van der Waals surface area contributed by atoms with Gasteiger partial charge in [-0.15, -0.1) is 4.99 Å². The van der Waals surface area contributed by atoms with Gasteiger partial charge in [-0.05, 0) is 23.6 Å². The maximum atomic E-state index is 14.8. The van der Waals surface area contributed by atoms with Crippen molar-refractivity contribution >= 4 is 23.4 Å². The average molecular weight is 369 g/mol. The van der Waals surface area contributed by atoms with E-state index in [1.165, 1.54) is 23.4 Å². The van der Waals surface area contributed by atoms with Gasteiger partial charge in [0.15, 0.2) is 17.6 Å². The Labute approximate surface area is 156 Å². The van der Waals surface area contributed by atoms with Crippen LogP contribution in [0.25, 0.3) is 5.57 Å². The van der Waals surface area contributed by atoms with Gasteiger partial charge in [-0.25, -0.2) is 14.2 Å². The Bertz CT molecular complexity index is 879. The van der Waals surface area contributed by atoms with Crippen LogP contribution < -0.4 is 16.4 Å². The Balaban J connectivity index is 1.70. The van der Waals surface area contributed by atoms with Crippen LogP contribution in [0.15, 0.2) is 53.7 Å². The van der Waals surface area contributed by atoms with Crippen molar-refractivity contribution in [3.63, 3.8) is 0 Å². The Hall–Kier alpha value is -3.42. The molecule has 2 aromatic rings. The Morgan fingerprint density at radius 2 is 2.04 bits per heavy atom. The minimum Gasteiger partial charge on any atom is -0.443 e. The molecule has 1 aliphatic heterocycles. The first-order valence-electron chi connectivity index (χ1n) is 8.44. The zero-order chi connectivity index (χ0) is 19.2. The number of nitrogens with two attached hydrogens (primary N) is 2. The molecule has 0 atom stereocenters. The summed E-state index contributed by atoms with van der Waals surface area (Å²) in [7, 11) is 0. The second kappa shape index (κ2) is 8.31. The van der Waals surface area contributed by atoms with Crippen molar-refractivity contribution in [2.75, 3.05) is 18.0 Å². The third-order valence-corrected chi connectivity index (χ3v) is 4.18. The van der Waals surface area contributed by atoms with Gasteiger partial charge in [0, 0.05) is 24.8 Å². The summed E-state index contributed by atoms with van der Waals surface area (Å²) in [4.78, 5) is 20.6. The third kappa shape index (κ3) is 4.60. The van der Waals surface area contributed by atoms with Gasteiger partial charge in [-0.1, -0.05) is 36.4 Å². The summed E-state index contributed by atoms with van der Waals surface area (Å²) in [6.07, 6.45) is 3.37. The van der Waals surface area contributed by atoms with Crippen LogP contribution in [0, 0.1) is 5.82 Å². The SMILES string of the molecule is NC(N)=NC(=O)OCc1ccnc(N2CC=C(c3ccccc3)CC2)c1F. The first-order valence-corrected chi connectivity index (χ1v) is 8.44. The quantitative estimate of drug-likeness (QED) is 0.633. The molecule has 0 saturated carbocycles. The molecule has 140 valence electrons. The van der Waals surface area contributed by atoms with Crippen molar-refractivity contribution in [3.05, 3.63) is 65.6 Å². The number of hydrogen-bond donors (Lipinski definition) is 2. The number of hydrogen-bond acceptors (Lipinski definition) is 4. The van der Waals surface area contributed by atoms with E-state index in [1.807, 2.05) is 23.1 Å². The lowest BCUT2D eigenvalue weighted by Crippen LogP contribution is -2.30. The Morgan fingerprint density at radius 1 is 1.26 bits per heavy atom. The second-order valence-electron chi connectivity index (χ2n) is 5.99. The molecule has 8 heteroatoms. The highest BCUT2D eigenvalue weighted by atomic mass is 19.1. The Morgan fingerprint density at radius 3 is 2.70 bits per heavy atom. The molecule has 2 heterocycles. The lowest BCUT2D eigenvalue weighted by molar-refractivity contribution is 0.149. The minimum atomic E-state index is -0.971. The van der Waals surface area contributed by atoms with E-state index < -0.39 is 17.9 Å².